The summed E-state index contributed by atoms with van der Waals surface area (Å²) >= 11 is 5.19. The summed E-state index contributed by atoms with van der Waals surface area (Å²) < 4.78 is 0. The SMILES string of the molecule is CCC(=O)N1CCC(CCC(=O)NCCC(=O)Cl)CC1. The summed E-state index contributed by atoms with van der Waals surface area (Å²) in [5.41, 5.74) is 0. The van der Waals surface area contributed by atoms with E-state index in [1.165, 1.54) is 0 Å². The number of carbonyl (C=O) groups excluding carboxylic acids is 3. The molecule has 1 aliphatic heterocycles. The van der Waals surface area contributed by atoms with Crippen LogP contribution in [0.3, 0.4) is 0 Å². The van der Waals surface area contributed by atoms with Crippen LogP contribution >= 0.6 is 11.6 Å². The van der Waals surface area contributed by atoms with Gasteiger partial charge in [-0.1, -0.05) is 6.92 Å². The average molecular weight is 303 g/mol. The Balaban J connectivity index is 2.13. The molecule has 0 aromatic heterocycles. The molecule has 0 unspecified atom stereocenters. The lowest BCUT2D eigenvalue weighted by molar-refractivity contribution is -0.132. The first-order chi connectivity index (χ1) is 9.52. The van der Waals surface area contributed by atoms with Crippen molar-refractivity contribution >= 4 is 28.7 Å². The number of piperidine rings is 1. The Morgan fingerprint density at radius 3 is 2.40 bits per heavy atom. The van der Waals surface area contributed by atoms with E-state index in [4.69, 9.17) is 11.6 Å². The van der Waals surface area contributed by atoms with E-state index in [2.05, 4.69) is 5.32 Å². The van der Waals surface area contributed by atoms with Gasteiger partial charge >= 0.3 is 0 Å². The van der Waals surface area contributed by atoms with Gasteiger partial charge in [0, 0.05) is 38.9 Å². The zero-order valence-corrected chi connectivity index (χ0v) is 12.7. The fourth-order valence-electron chi connectivity index (χ4n) is 2.42. The molecule has 0 aromatic rings. The van der Waals surface area contributed by atoms with Crippen molar-refractivity contribution in [1.29, 1.82) is 0 Å². The Kier molecular flexibility index (Phi) is 7.59. The first-order valence-corrected chi connectivity index (χ1v) is 7.63. The van der Waals surface area contributed by atoms with Crippen molar-refractivity contribution in [3.8, 4) is 0 Å². The highest BCUT2D eigenvalue weighted by Gasteiger charge is 2.22. The molecule has 6 heteroatoms. The van der Waals surface area contributed by atoms with Crippen molar-refractivity contribution in [1.82, 2.24) is 10.2 Å². The third kappa shape index (κ3) is 6.37. The van der Waals surface area contributed by atoms with Gasteiger partial charge in [-0.3, -0.25) is 14.4 Å². The lowest BCUT2D eigenvalue weighted by Gasteiger charge is -2.31. The van der Waals surface area contributed by atoms with Gasteiger partial charge in [0.15, 0.2) is 0 Å². The molecule has 20 heavy (non-hydrogen) atoms. The second-order valence-corrected chi connectivity index (χ2v) is 5.59. The molecule has 0 aliphatic carbocycles. The van der Waals surface area contributed by atoms with Gasteiger partial charge in [-0.2, -0.15) is 0 Å². The molecule has 2 amide bonds. The van der Waals surface area contributed by atoms with Crippen molar-refractivity contribution in [2.75, 3.05) is 19.6 Å². The van der Waals surface area contributed by atoms with E-state index >= 15 is 0 Å². The molecule has 0 saturated carbocycles. The number of nitrogens with one attached hydrogen (secondary N) is 1. The predicted octanol–water partition coefficient (Wildman–Crippen LogP) is 1.69. The average Bonchev–Trinajstić information content (AvgIpc) is 2.44. The lowest BCUT2D eigenvalue weighted by atomic mass is 9.92. The fraction of sp³-hybridized carbons (Fsp3) is 0.786. The highest BCUT2D eigenvalue weighted by Crippen LogP contribution is 2.22. The van der Waals surface area contributed by atoms with E-state index in [0.29, 0.717) is 25.3 Å². The molecular formula is C14H23ClN2O3. The summed E-state index contributed by atoms with van der Waals surface area (Å²) in [6.45, 7) is 3.80. The van der Waals surface area contributed by atoms with Gasteiger partial charge in [-0.15, -0.1) is 0 Å². The van der Waals surface area contributed by atoms with Gasteiger partial charge < -0.3 is 10.2 Å². The van der Waals surface area contributed by atoms with Crippen LogP contribution in [0.4, 0.5) is 0 Å². The van der Waals surface area contributed by atoms with Crippen molar-refractivity contribution in [2.45, 2.75) is 45.4 Å². The zero-order chi connectivity index (χ0) is 15.0. The third-order valence-electron chi connectivity index (χ3n) is 3.69. The molecule has 0 atom stereocenters. The zero-order valence-electron chi connectivity index (χ0n) is 12.0. The number of rotatable bonds is 7. The molecule has 5 nitrogen and oxygen atoms in total. The topological polar surface area (TPSA) is 66.5 Å². The van der Waals surface area contributed by atoms with Gasteiger partial charge in [0.25, 0.3) is 0 Å². The van der Waals surface area contributed by atoms with Crippen molar-refractivity contribution in [3.05, 3.63) is 0 Å². The van der Waals surface area contributed by atoms with Crippen LogP contribution in [-0.4, -0.2) is 41.6 Å². The Bertz CT molecular complexity index is 352. The highest BCUT2D eigenvalue weighted by atomic mass is 35.5. The number of nitrogens with zero attached hydrogens (tertiary/aromatic N) is 1. The molecule has 0 bridgehead atoms. The molecule has 0 aromatic carbocycles. The number of hydrogen-bond acceptors (Lipinski definition) is 3. The molecule has 0 radical (unpaired) electrons. The summed E-state index contributed by atoms with van der Waals surface area (Å²) in [5, 5.41) is 2.25. The van der Waals surface area contributed by atoms with Crippen LogP contribution in [-0.2, 0) is 14.4 Å². The Labute approximate surface area is 125 Å². The van der Waals surface area contributed by atoms with Crippen LogP contribution in [0.25, 0.3) is 0 Å². The molecule has 1 N–H and O–H groups in total. The predicted molar refractivity (Wildman–Crippen MR) is 77.3 cm³/mol. The summed E-state index contributed by atoms with van der Waals surface area (Å²) in [6.07, 6.45) is 3.99. The van der Waals surface area contributed by atoms with Gasteiger partial charge in [0.05, 0.1) is 0 Å². The maximum Gasteiger partial charge on any atom is 0.223 e. The quantitative estimate of drug-likeness (QED) is 0.728. The second kappa shape index (κ2) is 8.95. The van der Waals surface area contributed by atoms with E-state index in [1.54, 1.807) is 0 Å². The Morgan fingerprint density at radius 2 is 1.85 bits per heavy atom. The van der Waals surface area contributed by atoms with E-state index in [-0.39, 0.29) is 18.2 Å². The molecule has 114 valence electrons. The van der Waals surface area contributed by atoms with Gasteiger partial charge in [-0.25, -0.2) is 0 Å². The number of likely N-dealkylation sites (tertiary alicyclic amines) is 1. The Hall–Kier alpha value is -1.10. The van der Waals surface area contributed by atoms with Crippen molar-refractivity contribution in [2.24, 2.45) is 5.92 Å². The monoisotopic (exact) mass is 302 g/mol. The van der Waals surface area contributed by atoms with Gasteiger partial charge in [-0.05, 0) is 36.8 Å². The minimum Gasteiger partial charge on any atom is -0.356 e. The summed E-state index contributed by atoms with van der Waals surface area (Å²) in [4.78, 5) is 35.5. The molecule has 1 heterocycles. The van der Waals surface area contributed by atoms with Crippen LogP contribution in [0.5, 0.6) is 0 Å². The van der Waals surface area contributed by atoms with Crippen LogP contribution in [0.2, 0.25) is 0 Å². The van der Waals surface area contributed by atoms with Crippen LogP contribution < -0.4 is 5.32 Å². The molecule has 1 saturated heterocycles. The number of amides is 2. The molecular weight excluding hydrogens is 280 g/mol. The van der Waals surface area contributed by atoms with Gasteiger partial charge in [0.2, 0.25) is 17.1 Å². The van der Waals surface area contributed by atoms with Crippen LogP contribution in [0.15, 0.2) is 0 Å². The molecule has 1 aliphatic rings. The minimum atomic E-state index is -0.432. The van der Waals surface area contributed by atoms with E-state index < -0.39 is 5.24 Å². The van der Waals surface area contributed by atoms with Crippen molar-refractivity contribution < 1.29 is 14.4 Å². The van der Waals surface area contributed by atoms with E-state index in [9.17, 15) is 14.4 Å². The second-order valence-electron chi connectivity index (χ2n) is 5.17. The van der Waals surface area contributed by atoms with Crippen LogP contribution in [0.1, 0.15) is 45.4 Å². The number of carbonyl (C=O) groups is 3. The number of hydrogen-bond donors (Lipinski definition) is 1. The third-order valence-corrected chi connectivity index (χ3v) is 3.88. The van der Waals surface area contributed by atoms with Gasteiger partial charge in [0.1, 0.15) is 0 Å². The molecule has 1 rings (SSSR count). The molecule has 0 spiro atoms. The Morgan fingerprint density at radius 1 is 1.20 bits per heavy atom. The lowest BCUT2D eigenvalue weighted by Crippen LogP contribution is -2.38. The minimum absolute atomic E-state index is 0.0324. The summed E-state index contributed by atoms with van der Waals surface area (Å²) in [5.74, 6) is 0.693. The summed E-state index contributed by atoms with van der Waals surface area (Å²) in [7, 11) is 0. The first-order valence-electron chi connectivity index (χ1n) is 7.25. The standard InChI is InChI=1S/C14H23ClN2O3/c1-2-14(20)17-9-6-11(7-10-17)3-4-13(19)16-8-5-12(15)18/h11H,2-10H2,1H3,(H,16,19). The van der Waals surface area contributed by atoms with E-state index in [1.807, 2.05) is 11.8 Å². The van der Waals surface area contributed by atoms with E-state index in [0.717, 1.165) is 32.4 Å². The highest BCUT2D eigenvalue weighted by molar-refractivity contribution is 6.63. The molecule has 1 fully saturated rings. The first kappa shape index (κ1) is 17.0. The normalized spacial score (nSPS) is 16.0. The maximum absolute atomic E-state index is 11.6. The summed E-state index contributed by atoms with van der Waals surface area (Å²) in [6, 6.07) is 0. The largest absolute Gasteiger partial charge is 0.356 e. The number of halogens is 1. The maximum atomic E-state index is 11.6. The fourth-order valence-corrected chi connectivity index (χ4v) is 2.51. The smallest absolute Gasteiger partial charge is 0.223 e. The van der Waals surface area contributed by atoms with Crippen LogP contribution in [0, 0.1) is 5.92 Å². The van der Waals surface area contributed by atoms with Crippen molar-refractivity contribution in [3.63, 3.8) is 0 Å².